The second-order valence-electron chi connectivity index (χ2n) is 5.65. The second kappa shape index (κ2) is 7.14. The number of halogens is 2. The Hall–Kier alpha value is -2.55. The van der Waals surface area contributed by atoms with Gasteiger partial charge in [0.05, 0.1) is 27.9 Å². The molecule has 2 aromatic rings. The topological polar surface area (TPSA) is 73.2 Å². The molecule has 25 heavy (non-hydrogen) atoms. The Kier molecular flexibility index (Phi) is 4.93. The number of carbonyl (C=O) groups is 2. The summed E-state index contributed by atoms with van der Waals surface area (Å²) in [6.45, 7) is 0.223. The fourth-order valence-electron chi connectivity index (χ4n) is 2.74. The number of benzene rings is 2. The number of para-hydroxylation sites is 1. The zero-order valence-corrected chi connectivity index (χ0v) is 14.5. The summed E-state index contributed by atoms with van der Waals surface area (Å²) in [7, 11) is 0. The van der Waals surface area contributed by atoms with E-state index < -0.39 is 5.92 Å². The van der Waals surface area contributed by atoms with E-state index in [9.17, 15) is 9.59 Å². The van der Waals surface area contributed by atoms with E-state index in [2.05, 4.69) is 5.32 Å². The van der Waals surface area contributed by atoms with E-state index in [4.69, 9.17) is 28.5 Å². The molecular formula is C18H13Cl2N3O2. The van der Waals surface area contributed by atoms with Crippen molar-refractivity contribution < 1.29 is 9.59 Å². The first-order valence-electron chi connectivity index (χ1n) is 7.55. The van der Waals surface area contributed by atoms with Gasteiger partial charge in [0, 0.05) is 18.0 Å². The van der Waals surface area contributed by atoms with Crippen LogP contribution in [0, 0.1) is 17.2 Å². The molecule has 1 saturated heterocycles. The first kappa shape index (κ1) is 17.3. The van der Waals surface area contributed by atoms with Gasteiger partial charge in [-0.25, -0.2) is 0 Å². The predicted octanol–water partition coefficient (Wildman–Crippen LogP) is 3.86. The summed E-state index contributed by atoms with van der Waals surface area (Å²) >= 11 is 12.0. The van der Waals surface area contributed by atoms with Gasteiger partial charge in [-0.15, -0.1) is 0 Å². The Labute approximate surface area is 154 Å². The zero-order valence-electron chi connectivity index (χ0n) is 13.0. The minimum Gasteiger partial charge on any atom is -0.325 e. The van der Waals surface area contributed by atoms with Gasteiger partial charge in [0.25, 0.3) is 0 Å². The van der Waals surface area contributed by atoms with Gasteiger partial charge in [-0.05, 0) is 30.3 Å². The Balaban J connectivity index is 1.76. The maximum absolute atomic E-state index is 12.5. The quantitative estimate of drug-likeness (QED) is 0.887. The van der Waals surface area contributed by atoms with Crippen molar-refractivity contribution in [1.29, 1.82) is 5.26 Å². The molecule has 1 atom stereocenters. The largest absolute Gasteiger partial charge is 0.325 e. The molecule has 1 aliphatic heterocycles. The van der Waals surface area contributed by atoms with Crippen LogP contribution in [0.25, 0.3) is 0 Å². The first-order valence-corrected chi connectivity index (χ1v) is 8.30. The number of hydrogen-bond acceptors (Lipinski definition) is 3. The molecule has 0 saturated carbocycles. The average Bonchev–Trinajstić information content (AvgIpc) is 2.97. The normalized spacial score (nSPS) is 16.6. The molecule has 7 heteroatoms. The highest BCUT2D eigenvalue weighted by atomic mass is 35.5. The van der Waals surface area contributed by atoms with Crippen LogP contribution in [0.2, 0.25) is 10.0 Å². The van der Waals surface area contributed by atoms with Crippen molar-refractivity contribution in [2.45, 2.75) is 6.42 Å². The summed E-state index contributed by atoms with van der Waals surface area (Å²) in [5.74, 6) is -1.01. The molecule has 1 heterocycles. The lowest BCUT2D eigenvalue weighted by molar-refractivity contribution is -0.122. The molecule has 0 bridgehead atoms. The highest BCUT2D eigenvalue weighted by molar-refractivity contribution is 6.36. The molecule has 0 spiro atoms. The first-order chi connectivity index (χ1) is 12.0. The molecule has 0 radical (unpaired) electrons. The lowest BCUT2D eigenvalue weighted by atomic mass is 10.1. The van der Waals surface area contributed by atoms with E-state index in [-0.39, 0.29) is 24.8 Å². The van der Waals surface area contributed by atoms with E-state index in [1.807, 2.05) is 6.07 Å². The van der Waals surface area contributed by atoms with Crippen LogP contribution in [-0.4, -0.2) is 18.4 Å². The smallest absolute Gasteiger partial charge is 0.229 e. The molecule has 0 aromatic heterocycles. The summed E-state index contributed by atoms with van der Waals surface area (Å²) in [5, 5.41) is 12.7. The number of nitriles is 1. The molecule has 1 aliphatic rings. The molecule has 2 amide bonds. The van der Waals surface area contributed by atoms with E-state index in [1.165, 1.54) is 4.90 Å². The monoisotopic (exact) mass is 373 g/mol. The molecule has 2 aromatic carbocycles. The highest BCUT2D eigenvalue weighted by Gasteiger charge is 2.36. The molecule has 3 rings (SSSR count). The van der Waals surface area contributed by atoms with Crippen LogP contribution >= 0.6 is 23.2 Å². The summed E-state index contributed by atoms with van der Waals surface area (Å²) in [6, 6.07) is 13.6. The molecule has 126 valence electrons. The number of nitrogens with zero attached hydrogens (tertiary/aromatic N) is 2. The Morgan fingerprint density at radius 2 is 2.00 bits per heavy atom. The third-order valence-electron chi connectivity index (χ3n) is 4.00. The molecule has 1 unspecified atom stereocenters. The Bertz CT molecular complexity index is 892. The van der Waals surface area contributed by atoms with E-state index in [0.29, 0.717) is 27.0 Å². The van der Waals surface area contributed by atoms with Gasteiger partial charge in [0.1, 0.15) is 6.07 Å². The van der Waals surface area contributed by atoms with Crippen LogP contribution in [0.15, 0.2) is 42.5 Å². The van der Waals surface area contributed by atoms with Gasteiger partial charge in [-0.3, -0.25) is 9.59 Å². The lowest BCUT2D eigenvalue weighted by Crippen LogP contribution is -2.28. The van der Waals surface area contributed by atoms with Crippen LogP contribution in [0.1, 0.15) is 12.0 Å². The minimum absolute atomic E-state index is 0.0828. The van der Waals surface area contributed by atoms with Crippen molar-refractivity contribution >= 4 is 46.4 Å². The highest BCUT2D eigenvalue weighted by Crippen LogP contribution is 2.33. The fraction of sp³-hybridized carbons (Fsp3) is 0.167. The number of rotatable bonds is 3. The van der Waals surface area contributed by atoms with Crippen molar-refractivity contribution in [2.75, 3.05) is 16.8 Å². The van der Waals surface area contributed by atoms with Gasteiger partial charge in [-0.2, -0.15) is 5.26 Å². The summed E-state index contributed by atoms with van der Waals surface area (Å²) in [4.78, 5) is 26.3. The van der Waals surface area contributed by atoms with Gasteiger partial charge in [0.15, 0.2) is 0 Å². The number of hydrogen-bond donors (Lipinski definition) is 1. The number of anilines is 2. The van der Waals surface area contributed by atoms with Crippen molar-refractivity contribution in [1.82, 2.24) is 0 Å². The van der Waals surface area contributed by atoms with Crippen LogP contribution in [-0.2, 0) is 9.59 Å². The second-order valence-corrected chi connectivity index (χ2v) is 6.49. The van der Waals surface area contributed by atoms with Gasteiger partial charge in [0.2, 0.25) is 11.8 Å². The van der Waals surface area contributed by atoms with Crippen LogP contribution in [0.4, 0.5) is 11.4 Å². The van der Waals surface area contributed by atoms with Crippen molar-refractivity contribution in [3.8, 4) is 6.07 Å². The predicted molar refractivity (Wildman–Crippen MR) is 96.7 cm³/mol. The van der Waals surface area contributed by atoms with Gasteiger partial charge in [-0.1, -0.05) is 35.3 Å². The maximum Gasteiger partial charge on any atom is 0.229 e. The maximum atomic E-state index is 12.5. The molecule has 1 fully saturated rings. The minimum atomic E-state index is -0.522. The van der Waals surface area contributed by atoms with Crippen molar-refractivity contribution in [2.24, 2.45) is 5.92 Å². The molecular weight excluding hydrogens is 361 g/mol. The number of amides is 2. The number of carbonyl (C=O) groups excluding carboxylic acids is 2. The summed E-state index contributed by atoms with van der Waals surface area (Å²) < 4.78 is 0. The van der Waals surface area contributed by atoms with Crippen molar-refractivity contribution in [3.63, 3.8) is 0 Å². The standard InChI is InChI=1S/C18H13Cl2N3O2/c19-13-5-6-16(14(20)8-13)23-10-12(7-17(23)24)18(25)22-15-4-2-1-3-11(15)9-21/h1-6,8,12H,7,10H2,(H,22,25). The van der Waals surface area contributed by atoms with Gasteiger partial charge < -0.3 is 10.2 Å². The third-order valence-corrected chi connectivity index (χ3v) is 4.54. The average molecular weight is 374 g/mol. The van der Waals surface area contributed by atoms with E-state index >= 15 is 0 Å². The number of nitrogens with one attached hydrogen (secondary N) is 1. The molecule has 1 N–H and O–H groups in total. The SMILES string of the molecule is N#Cc1ccccc1NC(=O)C1CC(=O)N(c2ccc(Cl)cc2Cl)C1. The third kappa shape index (κ3) is 3.60. The summed E-state index contributed by atoms with van der Waals surface area (Å²) in [6.07, 6.45) is 0.0828. The molecule has 0 aliphatic carbocycles. The van der Waals surface area contributed by atoms with Crippen LogP contribution < -0.4 is 10.2 Å². The van der Waals surface area contributed by atoms with Crippen molar-refractivity contribution in [3.05, 3.63) is 58.1 Å². The fourth-order valence-corrected chi connectivity index (χ4v) is 3.25. The van der Waals surface area contributed by atoms with Gasteiger partial charge >= 0.3 is 0 Å². The lowest BCUT2D eigenvalue weighted by Gasteiger charge is -2.18. The van der Waals surface area contributed by atoms with Crippen LogP contribution in [0.3, 0.4) is 0 Å². The zero-order chi connectivity index (χ0) is 18.0. The summed E-state index contributed by atoms with van der Waals surface area (Å²) in [5.41, 5.74) is 1.34. The Morgan fingerprint density at radius 1 is 1.24 bits per heavy atom. The van der Waals surface area contributed by atoms with E-state index in [0.717, 1.165) is 0 Å². The molecule has 5 nitrogen and oxygen atoms in total. The Morgan fingerprint density at radius 3 is 2.72 bits per heavy atom. The van der Waals surface area contributed by atoms with Crippen LogP contribution in [0.5, 0.6) is 0 Å². The van der Waals surface area contributed by atoms with E-state index in [1.54, 1.807) is 42.5 Å².